The summed E-state index contributed by atoms with van der Waals surface area (Å²) in [6.45, 7) is 4.06. The van der Waals surface area contributed by atoms with Crippen LogP contribution < -0.4 is 20.7 Å². The summed E-state index contributed by atoms with van der Waals surface area (Å²) < 4.78 is 5.88. The number of nitrogens with one attached hydrogen (secondary N) is 3. The van der Waals surface area contributed by atoms with Gasteiger partial charge in [-0.15, -0.1) is 24.0 Å². The van der Waals surface area contributed by atoms with Crippen LogP contribution in [0.5, 0.6) is 5.75 Å². The summed E-state index contributed by atoms with van der Waals surface area (Å²) in [6, 6.07) is 7.67. The van der Waals surface area contributed by atoms with Crippen LogP contribution in [0, 0.1) is 0 Å². The Kier molecular flexibility index (Phi) is 7.49. The van der Waals surface area contributed by atoms with Gasteiger partial charge < -0.3 is 20.7 Å². The third-order valence-corrected chi connectivity index (χ3v) is 4.08. The summed E-state index contributed by atoms with van der Waals surface area (Å²) in [4.78, 5) is 28.8. The van der Waals surface area contributed by atoms with Crippen molar-refractivity contribution < 1.29 is 14.3 Å². The molecule has 0 aromatic heterocycles. The molecule has 1 fully saturated rings. The fourth-order valence-corrected chi connectivity index (χ4v) is 2.86. The summed E-state index contributed by atoms with van der Waals surface area (Å²) in [5.41, 5.74) is 1.21. The first-order chi connectivity index (χ1) is 12.2. The first-order valence-electron chi connectivity index (χ1n) is 8.52. The van der Waals surface area contributed by atoms with E-state index < -0.39 is 0 Å². The van der Waals surface area contributed by atoms with Crippen molar-refractivity contribution in [3.63, 3.8) is 0 Å². The average molecular weight is 473 g/mol. The SMILES string of the molecule is CCNC(=NCC1Cc2ccccc2O1)NCCN1C(=O)CNC1=O.I. The summed E-state index contributed by atoms with van der Waals surface area (Å²) in [5.74, 6) is 1.37. The Bertz CT molecular complexity index is 641. The summed E-state index contributed by atoms with van der Waals surface area (Å²) in [5, 5.41) is 8.80. The van der Waals surface area contributed by atoms with E-state index in [0.717, 1.165) is 18.7 Å². The maximum Gasteiger partial charge on any atom is 0.324 e. The number of fused-ring (bicyclic) bond motifs is 1. The molecule has 2 heterocycles. The number of nitrogens with zero attached hydrogens (tertiary/aromatic N) is 2. The summed E-state index contributed by atoms with van der Waals surface area (Å²) >= 11 is 0. The van der Waals surface area contributed by atoms with E-state index in [4.69, 9.17) is 4.74 Å². The minimum atomic E-state index is -0.342. The highest BCUT2D eigenvalue weighted by atomic mass is 127. The van der Waals surface area contributed by atoms with Crippen molar-refractivity contribution in [3.8, 4) is 5.75 Å². The van der Waals surface area contributed by atoms with E-state index in [9.17, 15) is 9.59 Å². The highest BCUT2D eigenvalue weighted by Gasteiger charge is 2.27. The lowest BCUT2D eigenvalue weighted by atomic mass is 10.1. The smallest absolute Gasteiger partial charge is 0.324 e. The molecule has 0 saturated carbocycles. The third kappa shape index (κ3) is 4.99. The number of rotatable bonds is 6. The first kappa shape index (κ1) is 20.3. The van der Waals surface area contributed by atoms with Crippen molar-refractivity contribution in [2.45, 2.75) is 19.4 Å². The number of amides is 3. The Morgan fingerprint density at radius 1 is 1.35 bits per heavy atom. The quantitative estimate of drug-likeness (QED) is 0.245. The molecule has 3 amide bonds. The van der Waals surface area contributed by atoms with Crippen molar-refractivity contribution in [3.05, 3.63) is 29.8 Å². The predicted octanol–water partition coefficient (Wildman–Crippen LogP) is 0.715. The van der Waals surface area contributed by atoms with E-state index in [0.29, 0.717) is 25.6 Å². The van der Waals surface area contributed by atoms with Gasteiger partial charge in [0.1, 0.15) is 11.9 Å². The Hall–Kier alpha value is -2.04. The molecule has 3 rings (SSSR count). The molecule has 9 heteroatoms. The maximum atomic E-state index is 11.5. The lowest BCUT2D eigenvalue weighted by Crippen LogP contribution is -2.43. The van der Waals surface area contributed by atoms with Crippen molar-refractivity contribution >= 4 is 41.9 Å². The van der Waals surface area contributed by atoms with E-state index >= 15 is 0 Å². The van der Waals surface area contributed by atoms with Crippen molar-refractivity contribution in [1.82, 2.24) is 20.9 Å². The number of imide groups is 1. The van der Waals surface area contributed by atoms with Gasteiger partial charge in [0.15, 0.2) is 5.96 Å². The molecule has 1 unspecified atom stereocenters. The number of carbonyl (C=O) groups is 2. The van der Waals surface area contributed by atoms with Crippen LogP contribution in [0.4, 0.5) is 4.79 Å². The van der Waals surface area contributed by atoms with Gasteiger partial charge in [-0.1, -0.05) is 18.2 Å². The molecule has 0 aliphatic carbocycles. The normalized spacial score (nSPS) is 18.7. The topological polar surface area (TPSA) is 95.1 Å². The van der Waals surface area contributed by atoms with Crippen molar-refractivity contribution in [2.24, 2.45) is 4.99 Å². The Morgan fingerprint density at radius 3 is 2.85 bits per heavy atom. The highest BCUT2D eigenvalue weighted by Crippen LogP contribution is 2.28. The van der Waals surface area contributed by atoms with Crippen LogP contribution in [0.1, 0.15) is 12.5 Å². The number of aliphatic imine (C=N–C) groups is 1. The highest BCUT2D eigenvalue weighted by molar-refractivity contribution is 14.0. The Labute approximate surface area is 169 Å². The minimum absolute atomic E-state index is 0. The third-order valence-electron chi connectivity index (χ3n) is 4.08. The minimum Gasteiger partial charge on any atom is -0.488 e. The number of carbonyl (C=O) groups excluding carboxylic acids is 2. The van der Waals surface area contributed by atoms with E-state index in [1.807, 2.05) is 25.1 Å². The Balaban J connectivity index is 0.00000243. The number of urea groups is 1. The van der Waals surface area contributed by atoms with Gasteiger partial charge >= 0.3 is 6.03 Å². The molecule has 26 heavy (non-hydrogen) atoms. The van der Waals surface area contributed by atoms with Gasteiger partial charge in [-0.25, -0.2) is 9.79 Å². The molecule has 1 saturated heterocycles. The number of ether oxygens (including phenoxy) is 1. The number of hydrogen-bond acceptors (Lipinski definition) is 4. The van der Waals surface area contributed by atoms with Crippen LogP contribution in [0.3, 0.4) is 0 Å². The number of halogens is 1. The lowest BCUT2D eigenvalue weighted by Gasteiger charge is -2.16. The molecule has 8 nitrogen and oxygen atoms in total. The number of benzene rings is 1. The maximum absolute atomic E-state index is 11.5. The van der Waals surface area contributed by atoms with Gasteiger partial charge in [0, 0.05) is 26.1 Å². The molecule has 0 bridgehead atoms. The molecule has 142 valence electrons. The summed E-state index contributed by atoms with van der Waals surface area (Å²) in [6.07, 6.45) is 0.875. The van der Waals surface area contributed by atoms with Gasteiger partial charge in [-0.2, -0.15) is 0 Å². The second-order valence-electron chi connectivity index (χ2n) is 5.90. The fourth-order valence-electron chi connectivity index (χ4n) is 2.86. The molecule has 1 aromatic carbocycles. The van der Waals surface area contributed by atoms with Crippen LogP contribution in [-0.4, -0.2) is 61.6 Å². The van der Waals surface area contributed by atoms with Crippen LogP contribution in [-0.2, 0) is 11.2 Å². The largest absolute Gasteiger partial charge is 0.488 e. The molecule has 0 spiro atoms. The molecular weight excluding hydrogens is 449 g/mol. The zero-order chi connectivity index (χ0) is 17.6. The average Bonchev–Trinajstić information content (AvgIpc) is 3.16. The lowest BCUT2D eigenvalue weighted by molar-refractivity contribution is -0.124. The zero-order valence-electron chi connectivity index (χ0n) is 14.7. The second-order valence-corrected chi connectivity index (χ2v) is 5.90. The molecule has 2 aliphatic heterocycles. The van der Waals surface area contributed by atoms with Crippen LogP contribution in [0.2, 0.25) is 0 Å². The van der Waals surface area contributed by atoms with Crippen LogP contribution in [0.25, 0.3) is 0 Å². The standard InChI is InChI=1S/C17H23N5O3.HI/c1-2-18-16(19-7-8-22-15(23)11-21-17(22)24)20-10-13-9-12-5-3-4-6-14(12)25-13;/h3-6,13H,2,7-11H2,1H3,(H,21,24)(H2,18,19,20);1H. The Morgan fingerprint density at radius 2 is 2.15 bits per heavy atom. The van der Waals surface area contributed by atoms with E-state index in [1.165, 1.54) is 10.5 Å². The number of hydrogen-bond donors (Lipinski definition) is 3. The van der Waals surface area contributed by atoms with E-state index in [-0.39, 0.29) is 48.6 Å². The predicted molar refractivity (Wildman–Crippen MR) is 109 cm³/mol. The van der Waals surface area contributed by atoms with E-state index in [2.05, 4.69) is 27.0 Å². The van der Waals surface area contributed by atoms with Crippen molar-refractivity contribution in [2.75, 3.05) is 32.7 Å². The second kappa shape index (κ2) is 9.60. The van der Waals surface area contributed by atoms with Gasteiger partial charge in [0.2, 0.25) is 5.91 Å². The van der Waals surface area contributed by atoms with E-state index in [1.54, 1.807) is 0 Å². The van der Waals surface area contributed by atoms with Gasteiger partial charge in [0.25, 0.3) is 0 Å². The van der Waals surface area contributed by atoms with Gasteiger partial charge in [-0.05, 0) is 18.6 Å². The molecule has 2 aliphatic rings. The van der Waals surface area contributed by atoms with Crippen molar-refractivity contribution in [1.29, 1.82) is 0 Å². The summed E-state index contributed by atoms with van der Waals surface area (Å²) in [7, 11) is 0. The molecule has 3 N–H and O–H groups in total. The zero-order valence-corrected chi connectivity index (χ0v) is 17.0. The van der Waals surface area contributed by atoms with Crippen LogP contribution in [0.15, 0.2) is 29.3 Å². The number of para-hydroxylation sites is 1. The van der Waals surface area contributed by atoms with Gasteiger partial charge in [0.05, 0.1) is 13.1 Å². The molecule has 0 radical (unpaired) electrons. The van der Waals surface area contributed by atoms with Gasteiger partial charge in [-0.3, -0.25) is 9.69 Å². The molecule has 1 aromatic rings. The van der Waals surface area contributed by atoms with Crippen LogP contribution >= 0.6 is 24.0 Å². The monoisotopic (exact) mass is 473 g/mol. The first-order valence-corrected chi connectivity index (χ1v) is 8.52. The molecule has 1 atom stereocenters. The molecular formula is C17H24IN5O3. The fraction of sp³-hybridized carbons (Fsp3) is 0.471. The number of guanidine groups is 1.